The molecule has 0 atom stereocenters. The van der Waals surface area contributed by atoms with Crippen molar-refractivity contribution in [2.75, 3.05) is 26.0 Å². The number of carbonyl (C=O) groups is 1. The molecule has 1 amide bonds. The van der Waals surface area contributed by atoms with Gasteiger partial charge in [-0.2, -0.15) is 0 Å². The van der Waals surface area contributed by atoms with Gasteiger partial charge in [0.25, 0.3) is 0 Å². The Labute approximate surface area is 107 Å². The molecule has 0 aromatic heterocycles. The summed E-state index contributed by atoms with van der Waals surface area (Å²) in [5.74, 6) is -0.363. The second-order valence-corrected chi connectivity index (χ2v) is 6.17. The highest BCUT2D eigenvalue weighted by Crippen LogP contribution is 2.21. The number of anilines is 1. The molecule has 0 aliphatic rings. The highest BCUT2D eigenvalue weighted by molar-refractivity contribution is 7.89. The van der Waals surface area contributed by atoms with Crippen LogP contribution in [0.2, 0.25) is 0 Å². The van der Waals surface area contributed by atoms with Gasteiger partial charge in [-0.25, -0.2) is 12.7 Å². The number of nitrogens with two attached hydrogens (primary N) is 1. The highest BCUT2D eigenvalue weighted by atomic mass is 32.2. The van der Waals surface area contributed by atoms with E-state index in [4.69, 9.17) is 5.73 Å². The number of sulfonamides is 1. The molecule has 0 radical (unpaired) electrons. The van der Waals surface area contributed by atoms with Crippen LogP contribution in [0, 0.1) is 6.92 Å². The van der Waals surface area contributed by atoms with Crippen molar-refractivity contribution in [3.63, 3.8) is 0 Å². The molecule has 0 saturated heterocycles. The standard InChI is InChI=1S/C11H17N3O3S/c1-8-4-5-9(18(16,17)14(2)3)6-10(8)13-11(15)7-12/h4-6H,7,12H2,1-3H3,(H,13,15). The maximum Gasteiger partial charge on any atom is 0.242 e. The molecule has 1 rings (SSSR count). The number of hydrogen-bond acceptors (Lipinski definition) is 4. The van der Waals surface area contributed by atoms with E-state index in [1.54, 1.807) is 13.0 Å². The largest absolute Gasteiger partial charge is 0.325 e. The van der Waals surface area contributed by atoms with E-state index in [2.05, 4.69) is 5.32 Å². The molecule has 6 nitrogen and oxygen atoms in total. The van der Waals surface area contributed by atoms with Crippen LogP contribution >= 0.6 is 0 Å². The summed E-state index contributed by atoms with van der Waals surface area (Å²) in [6, 6.07) is 4.57. The van der Waals surface area contributed by atoms with Gasteiger partial charge in [0.2, 0.25) is 15.9 Å². The van der Waals surface area contributed by atoms with Crippen LogP contribution < -0.4 is 11.1 Å². The number of aryl methyl sites for hydroxylation is 1. The third-order valence-electron chi connectivity index (χ3n) is 2.45. The molecule has 1 aromatic carbocycles. The topological polar surface area (TPSA) is 92.5 Å². The summed E-state index contributed by atoms with van der Waals surface area (Å²) in [5.41, 5.74) is 6.43. The Morgan fingerprint density at radius 3 is 2.50 bits per heavy atom. The fourth-order valence-electron chi connectivity index (χ4n) is 1.31. The van der Waals surface area contributed by atoms with Crippen molar-refractivity contribution in [3.8, 4) is 0 Å². The Morgan fingerprint density at radius 1 is 1.39 bits per heavy atom. The van der Waals surface area contributed by atoms with Crippen LogP contribution in [0.4, 0.5) is 5.69 Å². The minimum atomic E-state index is -3.51. The van der Waals surface area contributed by atoms with Crippen molar-refractivity contribution in [1.82, 2.24) is 4.31 Å². The molecule has 1 aromatic rings. The molecular formula is C11H17N3O3S. The lowest BCUT2D eigenvalue weighted by atomic mass is 10.2. The van der Waals surface area contributed by atoms with Crippen LogP contribution in [-0.4, -0.2) is 39.3 Å². The third-order valence-corrected chi connectivity index (χ3v) is 4.26. The van der Waals surface area contributed by atoms with Gasteiger partial charge in [-0.1, -0.05) is 6.07 Å². The zero-order valence-corrected chi connectivity index (χ0v) is 11.4. The average Bonchev–Trinajstić information content (AvgIpc) is 2.31. The molecule has 18 heavy (non-hydrogen) atoms. The molecule has 0 saturated carbocycles. The van der Waals surface area contributed by atoms with E-state index in [1.807, 2.05) is 0 Å². The lowest BCUT2D eigenvalue weighted by Crippen LogP contribution is -2.24. The van der Waals surface area contributed by atoms with Crippen LogP contribution in [0.1, 0.15) is 5.56 Å². The predicted octanol–water partition coefficient (Wildman–Crippen LogP) is 0.143. The molecule has 3 N–H and O–H groups in total. The van der Waals surface area contributed by atoms with Gasteiger partial charge in [-0.15, -0.1) is 0 Å². The van der Waals surface area contributed by atoms with Crippen molar-refractivity contribution in [3.05, 3.63) is 23.8 Å². The molecular weight excluding hydrogens is 254 g/mol. The molecule has 0 aliphatic heterocycles. The average molecular weight is 271 g/mol. The lowest BCUT2D eigenvalue weighted by Gasteiger charge is -2.14. The molecule has 0 spiro atoms. The summed E-state index contributed by atoms with van der Waals surface area (Å²) >= 11 is 0. The van der Waals surface area contributed by atoms with Gasteiger partial charge in [-0.05, 0) is 24.6 Å². The molecule has 0 fully saturated rings. The monoisotopic (exact) mass is 271 g/mol. The van der Waals surface area contributed by atoms with E-state index in [-0.39, 0.29) is 17.3 Å². The maximum atomic E-state index is 11.9. The van der Waals surface area contributed by atoms with E-state index >= 15 is 0 Å². The third kappa shape index (κ3) is 3.06. The fourth-order valence-corrected chi connectivity index (χ4v) is 2.24. The van der Waals surface area contributed by atoms with Crippen LogP contribution in [-0.2, 0) is 14.8 Å². The summed E-state index contributed by atoms with van der Waals surface area (Å²) in [4.78, 5) is 11.4. The van der Waals surface area contributed by atoms with Crippen molar-refractivity contribution in [1.29, 1.82) is 0 Å². The Bertz CT molecular complexity index is 553. The van der Waals surface area contributed by atoms with Crippen molar-refractivity contribution in [2.45, 2.75) is 11.8 Å². The normalized spacial score (nSPS) is 11.6. The number of rotatable bonds is 4. The van der Waals surface area contributed by atoms with Gasteiger partial charge in [0.15, 0.2) is 0 Å². The second-order valence-electron chi connectivity index (χ2n) is 4.02. The summed E-state index contributed by atoms with van der Waals surface area (Å²) < 4.78 is 25.0. The number of amides is 1. The number of benzene rings is 1. The first-order valence-electron chi connectivity index (χ1n) is 5.32. The van der Waals surface area contributed by atoms with Gasteiger partial charge < -0.3 is 11.1 Å². The van der Waals surface area contributed by atoms with Crippen molar-refractivity contribution < 1.29 is 13.2 Å². The first-order chi connectivity index (χ1) is 8.28. The summed E-state index contributed by atoms with van der Waals surface area (Å²) in [7, 11) is -0.604. The SMILES string of the molecule is Cc1ccc(S(=O)(=O)N(C)C)cc1NC(=O)CN. The molecule has 0 unspecified atom stereocenters. The summed E-state index contributed by atoms with van der Waals surface area (Å²) in [6.45, 7) is 1.63. The predicted molar refractivity (Wildman–Crippen MR) is 69.7 cm³/mol. The number of carbonyl (C=O) groups excluding carboxylic acids is 1. The van der Waals surface area contributed by atoms with Crippen LogP contribution in [0.5, 0.6) is 0 Å². The summed E-state index contributed by atoms with van der Waals surface area (Å²) in [6.07, 6.45) is 0. The Kier molecular flexibility index (Phi) is 4.44. The molecule has 100 valence electrons. The van der Waals surface area contributed by atoms with Gasteiger partial charge in [-0.3, -0.25) is 4.79 Å². The van der Waals surface area contributed by atoms with Crippen LogP contribution in [0.3, 0.4) is 0 Å². The van der Waals surface area contributed by atoms with E-state index in [1.165, 1.54) is 26.2 Å². The van der Waals surface area contributed by atoms with E-state index in [0.717, 1.165) is 9.87 Å². The highest BCUT2D eigenvalue weighted by Gasteiger charge is 2.18. The zero-order valence-electron chi connectivity index (χ0n) is 10.6. The Morgan fingerprint density at radius 2 is 2.00 bits per heavy atom. The van der Waals surface area contributed by atoms with Crippen LogP contribution in [0.15, 0.2) is 23.1 Å². The molecule has 0 aliphatic carbocycles. The number of hydrogen-bond donors (Lipinski definition) is 2. The lowest BCUT2D eigenvalue weighted by molar-refractivity contribution is -0.114. The molecule has 0 bridgehead atoms. The van der Waals surface area contributed by atoms with Crippen molar-refractivity contribution >= 4 is 21.6 Å². The zero-order chi connectivity index (χ0) is 13.9. The number of nitrogens with one attached hydrogen (secondary N) is 1. The maximum absolute atomic E-state index is 11.9. The van der Waals surface area contributed by atoms with Crippen molar-refractivity contribution in [2.24, 2.45) is 5.73 Å². The minimum Gasteiger partial charge on any atom is -0.325 e. The van der Waals surface area contributed by atoms with Crippen LogP contribution in [0.25, 0.3) is 0 Å². The van der Waals surface area contributed by atoms with Gasteiger partial charge in [0, 0.05) is 19.8 Å². The first-order valence-corrected chi connectivity index (χ1v) is 6.76. The first kappa shape index (κ1) is 14.6. The quantitative estimate of drug-likeness (QED) is 0.815. The smallest absolute Gasteiger partial charge is 0.242 e. The van der Waals surface area contributed by atoms with Gasteiger partial charge in [0.05, 0.1) is 11.4 Å². The van der Waals surface area contributed by atoms with E-state index in [9.17, 15) is 13.2 Å². The Balaban J connectivity index is 3.20. The molecule has 7 heteroatoms. The Hall–Kier alpha value is -1.44. The summed E-state index contributed by atoms with van der Waals surface area (Å²) in [5, 5.41) is 2.56. The molecule has 0 heterocycles. The van der Waals surface area contributed by atoms with Gasteiger partial charge in [0.1, 0.15) is 0 Å². The fraction of sp³-hybridized carbons (Fsp3) is 0.364. The minimum absolute atomic E-state index is 0.130. The van der Waals surface area contributed by atoms with E-state index < -0.39 is 10.0 Å². The van der Waals surface area contributed by atoms with Gasteiger partial charge >= 0.3 is 0 Å². The van der Waals surface area contributed by atoms with E-state index in [0.29, 0.717) is 5.69 Å². The second kappa shape index (κ2) is 5.47. The number of nitrogens with zero attached hydrogens (tertiary/aromatic N) is 1.